The minimum Gasteiger partial charge on any atom is -0.324 e. The van der Waals surface area contributed by atoms with E-state index in [2.05, 4.69) is 17.9 Å². The Kier molecular flexibility index (Phi) is 3.72. The first-order valence-corrected chi connectivity index (χ1v) is 6.15. The standard InChI is InChI=1S/C8H10N2O3S2/c9-15(12,13)7-4-2-1-3-6(7)10-8(11)5-14/h1-4,14H,5H2,(H,10,11)(H2,9,12,13). The third kappa shape index (κ3) is 3.22. The van der Waals surface area contributed by atoms with Gasteiger partial charge in [0.1, 0.15) is 4.90 Å². The summed E-state index contributed by atoms with van der Waals surface area (Å²) < 4.78 is 22.3. The van der Waals surface area contributed by atoms with Gasteiger partial charge in [-0.3, -0.25) is 4.79 Å². The predicted molar refractivity (Wildman–Crippen MR) is 60.3 cm³/mol. The van der Waals surface area contributed by atoms with Crippen LogP contribution in [0.5, 0.6) is 0 Å². The maximum atomic E-state index is 11.1. The van der Waals surface area contributed by atoms with Crippen molar-refractivity contribution in [1.82, 2.24) is 0 Å². The van der Waals surface area contributed by atoms with Crippen LogP contribution in [0.2, 0.25) is 0 Å². The van der Waals surface area contributed by atoms with E-state index >= 15 is 0 Å². The first kappa shape index (κ1) is 12.0. The smallest absolute Gasteiger partial charge is 0.240 e. The molecule has 0 aliphatic carbocycles. The lowest BCUT2D eigenvalue weighted by Crippen LogP contribution is -2.18. The number of hydrogen-bond acceptors (Lipinski definition) is 4. The quantitative estimate of drug-likeness (QED) is 0.666. The third-order valence-corrected chi connectivity index (χ3v) is 2.87. The van der Waals surface area contributed by atoms with Crippen LogP contribution >= 0.6 is 12.6 Å². The van der Waals surface area contributed by atoms with E-state index in [1.165, 1.54) is 18.2 Å². The third-order valence-electron chi connectivity index (χ3n) is 1.61. The van der Waals surface area contributed by atoms with Crippen LogP contribution in [-0.4, -0.2) is 20.1 Å². The van der Waals surface area contributed by atoms with E-state index in [0.717, 1.165) is 0 Å². The minimum atomic E-state index is -3.83. The largest absolute Gasteiger partial charge is 0.324 e. The second-order valence-corrected chi connectivity index (χ2v) is 4.59. The highest BCUT2D eigenvalue weighted by atomic mass is 32.2. The summed E-state index contributed by atoms with van der Waals surface area (Å²) in [5.41, 5.74) is 0.166. The number of rotatable bonds is 3. The van der Waals surface area contributed by atoms with Crippen LogP contribution in [0.3, 0.4) is 0 Å². The topological polar surface area (TPSA) is 89.3 Å². The van der Waals surface area contributed by atoms with Gasteiger partial charge in [-0.05, 0) is 12.1 Å². The van der Waals surface area contributed by atoms with Crippen molar-refractivity contribution in [3.05, 3.63) is 24.3 Å². The zero-order valence-electron chi connectivity index (χ0n) is 7.67. The molecule has 0 spiro atoms. The average Bonchev–Trinajstić information content (AvgIpc) is 2.17. The summed E-state index contributed by atoms with van der Waals surface area (Å²) in [6.45, 7) is 0. The molecular formula is C8H10N2O3S2. The molecular weight excluding hydrogens is 236 g/mol. The summed E-state index contributed by atoms with van der Waals surface area (Å²) in [4.78, 5) is 10.9. The Morgan fingerprint density at radius 3 is 2.53 bits per heavy atom. The zero-order chi connectivity index (χ0) is 11.5. The van der Waals surface area contributed by atoms with Gasteiger partial charge in [0, 0.05) is 0 Å². The highest BCUT2D eigenvalue weighted by Gasteiger charge is 2.14. The van der Waals surface area contributed by atoms with Crippen molar-refractivity contribution in [2.45, 2.75) is 4.90 Å². The van der Waals surface area contributed by atoms with Crippen LogP contribution in [0.15, 0.2) is 29.2 Å². The fourth-order valence-electron chi connectivity index (χ4n) is 1.01. The Bertz CT molecular complexity index is 471. The van der Waals surface area contributed by atoms with Crippen molar-refractivity contribution < 1.29 is 13.2 Å². The number of carbonyl (C=O) groups is 1. The van der Waals surface area contributed by atoms with Gasteiger partial charge in [-0.2, -0.15) is 12.6 Å². The van der Waals surface area contributed by atoms with Crippen molar-refractivity contribution in [1.29, 1.82) is 0 Å². The first-order chi connectivity index (χ1) is 6.95. The molecule has 0 fully saturated rings. The average molecular weight is 246 g/mol. The number of primary sulfonamides is 1. The number of carbonyl (C=O) groups excluding carboxylic acids is 1. The number of sulfonamides is 1. The number of thiol groups is 1. The van der Waals surface area contributed by atoms with Crippen LogP contribution < -0.4 is 10.5 Å². The first-order valence-electron chi connectivity index (χ1n) is 3.97. The summed E-state index contributed by atoms with van der Waals surface area (Å²) in [7, 11) is -3.83. The molecule has 1 rings (SSSR count). The maximum Gasteiger partial charge on any atom is 0.240 e. The molecule has 0 aromatic heterocycles. The fraction of sp³-hybridized carbons (Fsp3) is 0.125. The molecule has 82 valence electrons. The summed E-state index contributed by atoms with van der Waals surface area (Å²) in [6.07, 6.45) is 0. The molecule has 5 nitrogen and oxygen atoms in total. The van der Waals surface area contributed by atoms with E-state index < -0.39 is 15.9 Å². The molecule has 1 aromatic carbocycles. The predicted octanol–water partition coefficient (Wildman–Crippen LogP) is 0.202. The van der Waals surface area contributed by atoms with Gasteiger partial charge in [0.15, 0.2) is 0 Å². The highest BCUT2D eigenvalue weighted by molar-refractivity contribution is 7.89. The van der Waals surface area contributed by atoms with Gasteiger partial charge in [-0.25, -0.2) is 13.6 Å². The Balaban J connectivity index is 3.13. The van der Waals surface area contributed by atoms with E-state index in [0.29, 0.717) is 0 Å². The van der Waals surface area contributed by atoms with E-state index in [1.54, 1.807) is 6.07 Å². The number of benzene rings is 1. The van der Waals surface area contributed by atoms with Crippen LogP contribution in [0.4, 0.5) is 5.69 Å². The lowest BCUT2D eigenvalue weighted by molar-refractivity contribution is -0.113. The second-order valence-electron chi connectivity index (χ2n) is 2.75. The van der Waals surface area contributed by atoms with E-state index in [1.807, 2.05) is 0 Å². The van der Waals surface area contributed by atoms with Crippen molar-refractivity contribution in [2.75, 3.05) is 11.1 Å². The Labute approximate surface area is 93.1 Å². The lowest BCUT2D eigenvalue weighted by atomic mass is 10.3. The monoisotopic (exact) mass is 246 g/mol. The molecule has 0 unspecified atom stereocenters. The van der Waals surface area contributed by atoms with Crippen LogP contribution in [0.1, 0.15) is 0 Å². The summed E-state index contributed by atoms with van der Waals surface area (Å²) >= 11 is 3.76. The molecule has 0 aliphatic heterocycles. The van der Waals surface area contributed by atoms with Gasteiger partial charge < -0.3 is 5.32 Å². The molecule has 0 atom stereocenters. The molecule has 0 bridgehead atoms. The molecule has 1 amide bonds. The second kappa shape index (κ2) is 4.65. The molecule has 0 aliphatic rings. The number of nitrogens with one attached hydrogen (secondary N) is 1. The SMILES string of the molecule is NS(=O)(=O)c1ccccc1NC(=O)CS. The van der Waals surface area contributed by atoms with Crippen LogP contribution in [0, 0.1) is 0 Å². The number of para-hydroxylation sites is 1. The molecule has 0 saturated carbocycles. The molecule has 0 heterocycles. The van der Waals surface area contributed by atoms with Crippen molar-refractivity contribution >= 4 is 34.2 Å². The van der Waals surface area contributed by atoms with Gasteiger partial charge in [0.05, 0.1) is 11.4 Å². The zero-order valence-corrected chi connectivity index (χ0v) is 9.38. The highest BCUT2D eigenvalue weighted by Crippen LogP contribution is 2.18. The summed E-state index contributed by atoms with van der Waals surface area (Å²) in [5.74, 6) is -0.423. The number of amides is 1. The van der Waals surface area contributed by atoms with E-state index in [9.17, 15) is 13.2 Å². The summed E-state index contributed by atoms with van der Waals surface area (Å²) in [6, 6.07) is 5.91. The Hall–Kier alpha value is -1.05. The number of hydrogen-bond donors (Lipinski definition) is 3. The normalized spacial score (nSPS) is 11.1. The van der Waals surface area contributed by atoms with Gasteiger partial charge in [0.2, 0.25) is 15.9 Å². The molecule has 3 N–H and O–H groups in total. The van der Waals surface area contributed by atoms with E-state index in [-0.39, 0.29) is 16.3 Å². The van der Waals surface area contributed by atoms with Gasteiger partial charge in [0.25, 0.3) is 0 Å². The van der Waals surface area contributed by atoms with Crippen molar-refractivity contribution in [3.63, 3.8) is 0 Å². The molecule has 0 radical (unpaired) electrons. The molecule has 0 saturated heterocycles. The van der Waals surface area contributed by atoms with Gasteiger partial charge in [-0.15, -0.1) is 0 Å². The molecule has 1 aromatic rings. The number of anilines is 1. The van der Waals surface area contributed by atoms with Gasteiger partial charge >= 0.3 is 0 Å². The lowest BCUT2D eigenvalue weighted by Gasteiger charge is -2.07. The minimum absolute atomic E-state index is 0.0288. The molecule has 15 heavy (non-hydrogen) atoms. The fourth-order valence-corrected chi connectivity index (χ4v) is 1.78. The van der Waals surface area contributed by atoms with Crippen LogP contribution in [-0.2, 0) is 14.8 Å². The Morgan fingerprint density at radius 1 is 1.40 bits per heavy atom. The van der Waals surface area contributed by atoms with Crippen molar-refractivity contribution in [3.8, 4) is 0 Å². The number of nitrogens with two attached hydrogens (primary N) is 1. The molecule has 7 heteroatoms. The summed E-state index contributed by atoms with van der Waals surface area (Å²) in [5, 5.41) is 7.37. The van der Waals surface area contributed by atoms with Crippen molar-refractivity contribution in [2.24, 2.45) is 5.14 Å². The van der Waals surface area contributed by atoms with E-state index in [4.69, 9.17) is 5.14 Å². The van der Waals surface area contributed by atoms with Gasteiger partial charge in [-0.1, -0.05) is 12.1 Å². The van der Waals surface area contributed by atoms with Crippen LogP contribution in [0.25, 0.3) is 0 Å². The Morgan fingerprint density at radius 2 is 2.00 bits per heavy atom. The maximum absolute atomic E-state index is 11.1.